The summed E-state index contributed by atoms with van der Waals surface area (Å²) in [4.78, 5) is -0.305. The number of rotatable bonds is 3. The van der Waals surface area contributed by atoms with Gasteiger partial charge in [0.05, 0.1) is 11.6 Å². The van der Waals surface area contributed by atoms with Gasteiger partial charge < -0.3 is 0 Å². The molecule has 1 aliphatic rings. The van der Waals surface area contributed by atoms with Crippen molar-refractivity contribution in [3.05, 3.63) is 54.1 Å². The van der Waals surface area contributed by atoms with Crippen LogP contribution in [0, 0.1) is 11.6 Å². The highest BCUT2D eigenvalue weighted by Gasteiger charge is 2.32. The Kier molecular flexibility index (Phi) is 4.20. The molecule has 0 atom stereocenters. The van der Waals surface area contributed by atoms with Crippen LogP contribution in [0.3, 0.4) is 0 Å². The summed E-state index contributed by atoms with van der Waals surface area (Å²) in [6.45, 7) is 0.508. The molecular weight excluding hydrogens is 362 g/mol. The van der Waals surface area contributed by atoms with Gasteiger partial charge in [0, 0.05) is 19.2 Å². The van der Waals surface area contributed by atoms with E-state index in [2.05, 4.69) is 10.3 Å². The molecule has 4 rings (SSSR count). The second-order valence-electron chi connectivity index (χ2n) is 6.23. The molecule has 0 saturated carbocycles. The number of halogens is 2. The van der Waals surface area contributed by atoms with E-state index < -0.39 is 15.8 Å². The van der Waals surface area contributed by atoms with Crippen LogP contribution in [0.4, 0.5) is 8.78 Å². The Bertz CT molecular complexity index is 1060. The normalized spacial score (nSPS) is 17.0. The number of hydrogen-bond acceptors (Lipinski definition) is 4. The van der Waals surface area contributed by atoms with Gasteiger partial charge in [-0.2, -0.15) is 4.31 Å². The number of sulfonamides is 1. The number of benzene rings is 2. The van der Waals surface area contributed by atoms with E-state index in [-0.39, 0.29) is 29.8 Å². The quantitative estimate of drug-likeness (QED) is 0.703. The molecule has 2 aromatic carbocycles. The molecule has 0 spiro atoms. The van der Waals surface area contributed by atoms with Crippen molar-refractivity contribution in [3.8, 4) is 0 Å². The number of fused-ring (bicyclic) bond motifs is 1. The Hall–Kier alpha value is -2.39. The molecule has 1 saturated heterocycles. The third-order valence-electron chi connectivity index (χ3n) is 4.66. The molecule has 26 heavy (non-hydrogen) atoms. The third-order valence-corrected chi connectivity index (χ3v) is 6.59. The van der Waals surface area contributed by atoms with Gasteiger partial charge in [0.1, 0.15) is 22.0 Å². The summed E-state index contributed by atoms with van der Waals surface area (Å²) in [5, 5.41) is 8.06. The fraction of sp³-hybridized carbons (Fsp3) is 0.294. The molecule has 136 valence electrons. The number of nitrogens with zero attached hydrogens (tertiary/aromatic N) is 4. The average molecular weight is 378 g/mol. The van der Waals surface area contributed by atoms with Crippen molar-refractivity contribution in [3.63, 3.8) is 0 Å². The number of hydrogen-bond donors (Lipinski definition) is 0. The summed E-state index contributed by atoms with van der Waals surface area (Å²) in [6.07, 6.45) is 1.03. The van der Waals surface area contributed by atoms with E-state index >= 15 is 0 Å². The highest BCUT2D eigenvalue weighted by molar-refractivity contribution is 7.89. The highest BCUT2D eigenvalue weighted by atomic mass is 32.2. The van der Waals surface area contributed by atoms with Crippen molar-refractivity contribution in [1.29, 1.82) is 0 Å². The van der Waals surface area contributed by atoms with Gasteiger partial charge in [0.15, 0.2) is 0 Å². The minimum absolute atomic E-state index is 0.0440. The van der Waals surface area contributed by atoms with E-state index in [1.807, 2.05) is 0 Å². The van der Waals surface area contributed by atoms with E-state index in [9.17, 15) is 17.2 Å². The zero-order chi connectivity index (χ0) is 18.3. The molecule has 6 nitrogen and oxygen atoms in total. The molecule has 0 aliphatic carbocycles. The maximum absolute atomic E-state index is 13.9. The largest absolute Gasteiger partial charge is 0.245 e. The van der Waals surface area contributed by atoms with E-state index in [0.717, 1.165) is 6.07 Å². The first-order valence-electron chi connectivity index (χ1n) is 8.22. The lowest BCUT2D eigenvalue weighted by Gasteiger charge is -2.31. The van der Waals surface area contributed by atoms with Gasteiger partial charge >= 0.3 is 0 Å². The fourth-order valence-corrected chi connectivity index (χ4v) is 4.84. The second-order valence-corrected chi connectivity index (χ2v) is 8.14. The summed E-state index contributed by atoms with van der Waals surface area (Å²) in [5.41, 5.74) is 1.17. The molecule has 3 aromatic rings. The Morgan fingerprint density at radius 2 is 1.77 bits per heavy atom. The molecule has 1 aliphatic heterocycles. The maximum Gasteiger partial charge on any atom is 0.245 e. The van der Waals surface area contributed by atoms with Crippen LogP contribution in [0.2, 0.25) is 0 Å². The standard InChI is InChI=1S/C17H16F2N4O2S/c18-12-5-6-16-15(11-12)20-21-23(16)13-7-9-22(10-8-13)26(24,25)17-4-2-1-3-14(17)19/h1-6,11,13H,7-10H2. The Labute approximate surface area is 149 Å². The number of piperidine rings is 1. The smallest absolute Gasteiger partial charge is 0.241 e. The zero-order valence-corrected chi connectivity index (χ0v) is 14.5. The summed E-state index contributed by atoms with van der Waals surface area (Å²) < 4.78 is 55.5. The first kappa shape index (κ1) is 17.0. The van der Waals surface area contributed by atoms with Crippen molar-refractivity contribution in [2.24, 2.45) is 0 Å². The summed E-state index contributed by atoms with van der Waals surface area (Å²) in [5.74, 6) is -1.13. The fourth-order valence-electron chi connectivity index (χ4n) is 3.30. The van der Waals surface area contributed by atoms with Gasteiger partial charge in [0.25, 0.3) is 0 Å². The third kappa shape index (κ3) is 2.86. The van der Waals surface area contributed by atoms with Gasteiger partial charge in [-0.1, -0.05) is 17.3 Å². The van der Waals surface area contributed by atoms with Crippen LogP contribution in [-0.2, 0) is 10.0 Å². The van der Waals surface area contributed by atoms with Crippen LogP contribution in [0.25, 0.3) is 11.0 Å². The van der Waals surface area contributed by atoms with Gasteiger partial charge in [-0.25, -0.2) is 21.9 Å². The first-order valence-corrected chi connectivity index (χ1v) is 9.66. The van der Waals surface area contributed by atoms with Crippen LogP contribution >= 0.6 is 0 Å². The van der Waals surface area contributed by atoms with Crippen LogP contribution < -0.4 is 0 Å². The van der Waals surface area contributed by atoms with Crippen molar-refractivity contribution < 1.29 is 17.2 Å². The number of aromatic nitrogens is 3. The zero-order valence-electron chi connectivity index (χ0n) is 13.7. The topological polar surface area (TPSA) is 68.1 Å². The minimum Gasteiger partial charge on any atom is -0.241 e. The maximum atomic E-state index is 13.9. The van der Waals surface area contributed by atoms with Gasteiger partial charge in [0.2, 0.25) is 10.0 Å². The molecule has 0 unspecified atom stereocenters. The Balaban J connectivity index is 1.54. The molecule has 0 amide bonds. The van der Waals surface area contributed by atoms with Gasteiger partial charge in [-0.05, 0) is 37.1 Å². The Morgan fingerprint density at radius 1 is 1.04 bits per heavy atom. The van der Waals surface area contributed by atoms with Gasteiger partial charge in [-0.15, -0.1) is 5.10 Å². The predicted octanol–water partition coefficient (Wildman–Crippen LogP) is 2.74. The summed E-state index contributed by atoms with van der Waals surface area (Å²) in [7, 11) is -3.87. The minimum atomic E-state index is -3.87. The molecule has 0 N–H and O–H groups in total. The average Bonchev–Trinajstić information content (AvgIpc) is 3.05. The predicted molar refractivity (Wildman–Crippen MR) is 90.9 cm³/mol. The monoisotopic (exact) mass is 378 g/mol. The molecule has 0 bridgehead atoms. The highest BCUT2D eigenvalue weighted by Crippen LogP contribution is 2.29. The van der Waals surface area contributed by atoms with Crippen LogP contribution in [0.5, 0.6) is 0 Å². The van der Waals surface area contributed by atoms with Crippen LogP contribution in [0.15, 0.2) is 47.4 Å². The second kappa shape index (κ2) is 6.40. The molecule has 1 fully saturated rings. The van der Waals surface area contributed by atoms with Crippen molar-refractivity contribution in [2.45, 2.75) is 23.8 Å². The van der Waals surface area contributed by atoms with Crippen LogP contribution in [-0.4, -0.2) is 40.8 Å². The lowest BCUT2D eigenvalue weighted by molar-refractivity contribution is 0.262. The van der Waals surface area contributed by atoms with Crippen molar-refractivity contribution in [2.75, 3.05) is 13.1 Å². The van der Waals surface area contributed by atoms with Gasteiger partial charge in [-0.3, -0.25) is 0 Å². The first-order chi connectivity index (χ1) is 12.5. The molecule has 9 heteroatoms. The summed E-state index contributed by atoms with van der Waals surface area (Å²) in [6, 6.07) is 9.61. The van der Waals surface area contributed by atoms with E-state index in [1.54, 1.807) is 10.7 Å². The molecular formula is C17H16F2N4O2S. The van der Waals surface area contributed by atoms with Crippen molar-refractivity contribution in [1.82, 2.24) is 19.3 Å². The van der Waals surface area contributed by atoms with E-state index in [1.165, 1.54) is 34.6 Å². The Morgan fingerprint density at radius 3 is 2.50 bits per heavy atom. The van der Waals surface area contributed by atoms with Crippen molar-refractivity contribution >= 4 is 21.1 Å². The van der Waals surface area contributed by atoms with E-state index in [0.29, 0.717) is 23.9 Å². The SMILES string of the molecule is O=S(=O)(c1ccccc1F)N1CCC(n2nnc3cc(F)ccc32)CC1. The molecule has 1 aromatic heterocycles. The lowest BCUT2D eigenvalue weighted by atomic mass is 10.1. The lowest BCUT2D eigenvalue weighted by Crippen LogP contribution is -2.39. The summed E-state index contributed by atoms with van der Waals surface area (Å²) >= 11 is 0. The van der Waals surface area contributed by atoms with Crippen LogP contribution in [0.1, 0.15) is 18.9 Å². The van der Waals surface area contributed by atoms with E-state index in [4.69, 9.17) is 0 Å². The molecule has 0 radical (unpaired) electrons. The molecule has 2 heterocycles.